The van der Waals surface area contributed by atoms with Crippen molar-refractivity contribution in [2.75, 3.05) is 0 Å². The van der Waals surface area contributed by atoms with Gasteiger partial charge in [-0.3, -0.25) is 0 Å². The molecule has 0 aliphatic carbocycles. The van der Waals surface area contributed by atoms with E-state index in [1.165, 1.54) is 0 Å². The summed E-state index contributed by atoms with van der Waals surface area (Å²) in [5.74, 6) is 1.55. The quantitative estimate of drug-likeness (QED) is 0.184. The molecule has 2 atom stereocenters. The molecule has 2 unspecified atom stereocenters. The Morgan fingerprint density at radius 2 is 0.944 bits per heavy atom. The maximum absolute atomic E-state index is 6.34. The fourth-order valence-electron chi connectivity index (χ4n) is 3.69. The number of rotatable bonds is 11. The smallest absolute Gasteiger partial charge is 0.215 e. The molecule has 4 nitrogen and oxygen atoms in total. The van der Waals surface area contributed by atoms with E-state index >= 15 is 0 Å². The van der Waals surface area contributed by atoms with E-state index in [0.29, 0.717) is 0 Å². The highest BCUT2D eigenvalue weighted by atomic mass is 31.1. The molecule has 0 aliphatic rings. The first kappa shape index (κ1) is 26.8. The second-order valence-corrected chi connectivity index (χ2v) is 11.3. The third kappa shape index (κ3) is 6.18. The van der Waals surface area contributed by atoms with Crippen molar-refractivity contribution < 1.29 is 18.1 Å². The number of fused-ring (bicyclic) bond motifs is 2. The second-order valence-electron chi connectivity index (χ2n) is 10.1. The zero-order chi connectivity index (χ0) is 25.8. The molecular weight excluding hydrogens is 486 g/mol. The lowest BCUT2D eigenvalue weighted by molar-refractivity contribution is 0.116. The van der Waals surface area contributed by atoms with Gasteiger partial charge in [-0.1, -0.05) is 74.5 Å². The highest BCUT2D eigenvalue weighted by molar-refractivity contribution is 7.27. The van der Waals surface area contributed by atoms with Crippen LogP contribution in [0.15, 0.2) is 72.8 Å². The van der Waals surface area contributed by atoms with E-state index in [1.807, 2.05) is 12.1 Å². The molecule has 0 spiro atoms. The zero-order valence-electron chi connectivity index (χ0n) is 22.0. The van der Waals surface area contributed by atoms with Crippen LogP contribution in [-0.2, 0) is 9.05 Å². The van der Waals surface area contributed by atoms with Gasteiger partial charge in [0.25, 0.3) is 0 Å². The van der Waals surface area contributed by atoms with Crippen LogP contribution in [0.1, 0.15) is 54.4 Å². The molecule has 6 heteroatoms. The van der Waals surface area contributed by atoms with Crippen molar-refractivity contribution in [1.29, 1.82) is 0 Å². The number of hydrogen-bond donors (Lipinski definition) is 0. The molecule has 36 heavy (non-hydrogen) atoms. The average Bonchev–Trinajstić information content (AvgIpc) is 2.88. The monoisotopic (exact) mass is 522 g/mol. The number of benzene rings is 4. The van der Waals surface area contributed by atoms with Crippen molar-refractivity contribution in [2.45, 2.75) is 65.6 Å². The van der Waals surface area contributed by atoms with Gasteiger partial charge in [0.2, 0.25) is 18.1 Å². The van der Waals surface area contributed by atoms with Crippen molar-refractivity contribution in [1.82, 2.24) is 0 Å². The normalized spacial score (nSPS) is 12.9. The Morgan fingerprint density at radius 3 is 1.33 bits per heavy atom. The van der Waals surface area contributed by atoms with Crippen LogP contribution >= 0.6 is 18.1 Å². The molecule has 0 saturated heterocycles. The van der Waals surface area contributed by atoms with Gasteiger partial charge < -0.3 is 18.1 Å². The lowest BCUT2D eigenvalue weighted by atomic mass is 9.92. The predicted octanol–water partition coefficient (Wildman–Crippen LogP) is 9.84. The van der Waals surface area contributed by atoms with Gasteiger partial charge in [0.15, 0.2) is 0 Å². The standard InChI is InChI=1S/C30H36O4P2/c1-7-29(3,4)33-35-31-25-19-17-21-13-9-11-15-23(21)27(25)28-24-16-12-10-14-22(24)18-20-26(28)32-36-34-30(5,6)8-2/h9-20,35-36H,7-8H2,1-6H3. The Kier molecular flexibility index (Phi) is 8.53. The van der Waals surface area contributed by atoms with Gasteiger partial charge in [-0.25, -0.2) is 0 Å². The number of hydrogen-bond acceptors (Lipinski definition) is 4. The molecule has 0 heterocycles. The molecule has 0 bridgehead atoms. The predicted molar refractivity (Wildman–Crippen MR) is 156 cm³/mol. The van der Waals surface area contributed by atoms with Crippen molar-refractivity contribution >= 4 is 39.6 Å². The Hall–Kier alpha value is -2.22. The summed E-state index contributed by atoms with van der Waals surface area (Å²) in [6, 6.07) is 25.1. The molecule has 190 valence electrons. The Labute approximate surface area is 218 Å². The van der Waals surface area contributed by atoms with Gasteiger partial charge >= 0.3 is 0 Å². The van der Waals surface area contributed by atoms with Crippen LogP contribution in [-0.4, -0.2) is 11.2 Å². The van der Waals surface area contributed by atoms with Gasteiger partial charge in [0.1, 0.15) is 11.5 Å². The summed E-state index contributed by atoms with van der Waals surface area (Å²) in [6.07, 6.45) is 1.81. The molecule has 0 saturated carbocycles. The van der Waals surface area contributed by atoms with Crippen LogP contribution in [0.3, 0.4) is 0 Å². The van der Waals surface area contributed by atoms with E-state index in [-0.39, 0.29) is 29.3 Å². The van der Waals surface area contributed by atoms with Crippen LogP contribution in [0.4, 0.5) is 0 Å². The summed E-state index contributed by atoms with van der Waals surface area (Å²) in [6.45, 7) is 12.6. The summed E-state index contributed by atoms with van der Waals surface area (Å²) in [4.78, 5) is 0. The summed E-state index contributed by atoms with van der Waals surface area (Å²) in [5, 5.41) is 4.49. The first-order valence-electron chi connectivity index (χ1n) is 12.5. The summed E-state index contributed by atoms with van der Waals surface area (Å²) >= 11 is 0. The van der Waals surface area contributed by atoms with Gasteiger partial charge in [-0.05, 0) is 74.2 Å². The molecule has 0 amide bonds. The molecular formula is C30H36O4P2. The van der Waals surface area contributed by atoms with E-state index in [0.717, 1.165) is 57.0 Å². The molecule has 0 aromatic heterocycles. The SMILES string of the molecule is CCC(C)(C)OPOc1ccc2ccccc2c1-c1c(OPOC(C)(C)CC)ccc2ccccc12. The van der Waals surface area contributed by atoms with Crippen molar-refractivity contribution in [3.8, 4) is 22.6 Å². The van der Waals surface area contributed by atoms with Crippen LogP contribution in [0.2, 0.25) is 0 Å². The van der Waals surface area contributed by atoms with Crippen molar-refractivity contribution in [3.63, 3.8) is 0 Å². The van der Waals surface area contributed by atoms with Crippen LogP contribution in [0.25, 0.3) is 32.7 Å². The Morgan fingerprint density at radius 1 is 0.556 bits per heavy atom. The molecule has 0 fully saturated rings. The van der Waals surface area contributed by atoms with E-state index < -0.39 is 0 Å². The van der Waals surface area contributed by atoms with Gasteiger partial charge in [-0.2, -0.15) is 0 Å². The molecule has 0 radical (unpaired) electrons. The molecule has 4 aromatic rings. The van der Waals surface area contributed by atoms with E-state index in [4.69, 9.17) is 18.1 Å². The fraction of sp³-hybridized carbons (Fsp3) is 0.333. The Balaban J connectivity index is 1.85. The molecule has 4 rings (SSSR count). The first-order valence-corrected chi connectivity index (χ1v) is 14.1. The zero-order valence-corrected chi connectivity index (χ0v) is 24.0. The minimum Gasteiger partial charge on any atom is -0.449 e. The van der Waals surface area contributed by atoms with Crippen molar-refractivity contribution in [2.24, 2.45) is 0 Å². The first-order chi connectivity index (χ1) is 17.2. The summed E-state index contributed by atoms with van der Waals surface area (Å²) in [7, 11) is -0.233. The average molecular weight is 523 g/mol. The Bertz CT molecular complexity index is 1230. The third-order valence-electron chi connectivity index (χ3n) is 6.67. The molecule has 0 N–H and O–H groups in total. The van der Waals surface area contributed by atoms with Gasteiger partial charge in [-0.15, -0.1) is 0 Å². The molecule has 0 aliphatic heterocycles. The molecule has 4 aromatic carbocycles. The fourth-order valence-corrected chi connectivity index (χ4v) is 5.03. The minimum absolute atomic E-state index is 0.117. The highest BCUT2D eigenvalue weighted by Gasteiger charge is 2.22. The van der Waals surface area contributed by atoms with Crippen LogP contribution in [0, 0.1) is 0 Å². The lowest BCUT2D eigenvalue weighted by Gasteiger charge is -2.25. The van der Waals surface area contributed by atoms with Crippen molar-refractivity contribution in [3.05, 3.63) is 72.8 Å². The van der Waals surface area contributed by atoms with Gasteiger partial charge in [0, 0.05) is 11.1 Å². The maximum Gasteiger partial charge on any atom is 0.215 e. The van der Waals surface area contributed by atoms with E-state index in [9.17, 15) is 0 Å². The minimum atomic E-state index is -0.242. The largest absolute Gasteiger partial charge is 0.449 e. The third-order valence-corrected chi connectivity index (χ3v) is 8.55. The second kappa shape index (κ2) is 11.4. The van der Waals surface area contributed by atoms with Crippen LogP contribution in [0.5, 0.6) is 11.5 Å². The van der Waals surface area contributed by atoms with Gasteiger partial charge in [0.05, 0.1) is 11.2 Å². The maximum atomic E-state index is 6.34. The van der Waals surface area contributed by atoms with E-state index in [2.05, 4.69) is 102 Å². The van der Waals surface area contributed by atoms with E-state index in [1.54, 1.807) is 0 Å². The highest BCUT2D eigenvalue weighted by Crippen LogP contribution is 2.48. The summed E-state index contributed by atoms with van der Waals surface area (Å²) in [5.41, 5.74) is 1.52. The van der Waals surface area contributed by atoms with Crippen LogP contribution < -0.4 is 9.05 Å². The lowest BCUT2D eigenvalue weighted by Crippen LogP contribution is -2.19. The topological polar surface area (TPSA) is 36.9 Å². The summed E-state index contributed by atoms with van der Waals surface area (Å²) < 4.78 is 24.8.